The SMILES string of the molecule is CC(CN)CS(=O)Cc1c(Cl)cccc1Cl. The Bertz CT molecular complexity index is 364. The van der Waals surface area contributed by atoms with Gasteiger partial charge in [-0.3, -0.25) is 4.21 Å². The van der Waals surface area contributed by atoms with Gasteiger partial charge in [-0.05, 0) is 24.6 Å². The minimum Gasteiger partial charge on any atom is -0.330 e. The van der Waals surface area contributed by atoms with Crippen LogP contribution in [0.25, 0.3) is 0 Å². The van der Waals surface area contributed by atoms with Crippen LogP contribution in [0, 0.1) is 5.92 Å². The molecular weight excluding hydrogens is 265 g/mol. The van der Waals surface area contributed by atoms with Crippen molar-refractivity contribution in [2.24, 2.45) is 11.7 Å². The Morgan fingerprint density at radius 2 is 1.94 bits per heavy atom. The lowest BCUT2D eigenvalue weighted by Gasteiger charge is -2.10. The Morgan fingerprint density at radius 3 is 2.44 bits per heavy atom. The summed E-state index contributed by atoms with van der Waals surface area (Å²) in [4.78, 5) is 0. The normalized spacial score (nSPS) is 14.8. The van der Waals surface area contributed by atoms with Crippen LogP contribution in [0.4, 0.5) is 0 Å². The number of rotatable bonds is 5. The molecule has 1 aromatic rings. The van der Waals surface area contributed by atoms with Gasteiger partial charge in [-0.2, -0.15) is 0 Å². The van der Waals surface area contributed by atoms with Crippen LogP contribution >= 0.6 is 23.2 Å². The second-order valence-corrected chi connectivity index (χ2v) is 6.11. The number of halogens is 2. The van der Waals surface area contributed by atoms with Gasteiger partial charge < -0.3 is 5.73 Å². The van der Waals surface area contributed by atoms with Crippen LogP contribution in [0.5, 0.6) is 0 Å². The van der Waals surface area contributed by atoms with Crippen molar-refractivity contribution >= 4 is 34.0 Å². The van der Waals surface area contributed by atoms with Crippen molar-refractivity contribution < 1.29 is 4.21 Å². The van der Waals surface area contributed by atoms with Gasteiger partial charge in [0.1, 0.15) is 0 Å². The molecule has 0 bridgehead atoms. The Morgan fingerprint density at radius 1 is 1.38 bits per heavy atom. The van der Waals surface area contributed by atoms with Gasteiger partial charge in [-0.25, -0.2) is 0 Å². The summed E-state index contributed by atoms with van der Waals surface area (Å²) in [5.74, 6) is 1.23. The monoisotopic (exact) mass is 279 g/mol. The van der Waals surface area contributed by atoms with Gasteiger partial charge in [0.2, 0.25) is 0 Å². The molecule has 0 saturated heterocycles. The number of hydrogen-bond donors (Lipinski definition) is 1. The van der Waals surface area contributed by atoms with E-state index in [-0.39, 0.29) is 5.92 Å². The molecule has 90 valence electrons. The summed E-state index contributed by atoms with van der Waals surface area (Å²) >= 11 is 12.0. The van der Waals surface area contributed by atoms with Gasteiger partial charge in [0.05, 0.1) is 5.75 Å². The highest BCUT2D eigenvalue weighted by atomic mass is 35.5. The zero-order valence-electron chi connectivity index (χ0n) is 9.08. The first kappa shape index (κ1) is 14.0. The van der Waals surface area contributed by atoms with Crippen LogP contribution in [0.1, 0.15) is 12.5 Å². The van der Waals surface area contributed by atoms with Gasteiger partial charge in [0, 0.05) is 32.2 Å². The first-order valence-corrected chi connectivity index (χ1v) is 7.27. The molecule has 0 radical (unpaired) electrons. The molecule has 2 nitrogen and oxygen atoms in total. The average molecular weight is 280 g/mol. The van der Waals surface area contributed by atoms with Gasteiger partial charge in [0.25, 0.3) is 0 Å². The summed E-state index contributed by atoms with van der Waals surface area (Å²) in [5, 5.41) is 1.14. The fourth-order valence-electron chi connectivity index (χ4n) is 1.28. The van der Waals surface area contributed by atoms with E-state index in [4.69, 9.17) is 28.9 Å². The Kier molecular flexibility index (Phi) is 5.76. The van der Waals surface area contributed by atoms with Crippen molar-refractivity contribution in [2.45, 2.75) is 12.7 Å². The molecule has 1 aromatic carbocycles. The van der Waals surface area contributed by atoms with Gasteiger partial charge in [-0.1, -0.05) is 36.2 Å². The maximum atomic E-state index is 11.8. The Labute approximate surface area is 109 Å². The molecular formula is C11H15Cl2NOS. The molecule has 0 heterocycles. The van der Waals surface area contributed by atoms with Crippen molar-refractivity contribution in [3.63, 3.8) is 0 Å². The number of benzene rings is 1. The highest BCUT2D eigenvalue weighted by molar-refractivity contribution is 7.84. The molecule has 0 fully saturated rings. The largest absolute Gasteiger partial charge is 0.330 e. The number of hydrogen-bond acceptors (Lipinski definition) is 2. The molecule has 0 saturated carbocycles. The molecule has 5 heteroatoms. The quantitative estimate of drug-likeness (QED) is 0.901. The van der Waals surface area contributed by atoms with E-state index in [0.717, 1.165) is 5.56 Å². The van der Waals surface area contributed by atoms with Crippen molar-refractivity contribution in [1.29, 1.82) is 0 Å². The number of nitrogens with two attached hydrogens (primary N) is 1. The highest BCUT2D eigenvalue weighted by Gasteiger charge is 2.11. The summed E-state index contributed by atoms with van der Waals surface area (Å²) in [6.07, 6.45) is 0. The molecule has 0 aliphatic rings. The summed E-state index contributed by atoms with van der Waals surface area (Å²) < 4.78 is 11.8. The lowest BCUT2D eigenvalue weighted by atomic mass is 10.2. The first-order valence-electron chi connectivity index (χ1n) is 5.02. The van der Waals surface area contributed by atoms with E-state index in [9.17, 15) is 4.21 Å². The molecule has 0 spiro atoms. The smallest absolute Gasteiger partial charge is 0.0515 e. The van der Waals surface area contributed by atoms with E-state index in [2.05, 4.69) is 0 Å². The zero-order valence-corrected chi connectivity index (χ0v) is 11.4. The molecule has 0 aliphatic heterocycles. The van der Waals surface area contributed by atoms with Crippen molar-refractivity contribution in [3.05, 3.63) is 33.8 Å². The third kappa shape index (κ3) is 4.06. The summed E-state index contributed by atoms with van der Waals surface area (Å²) in [5.41, 5.74) is 6.24. The van der Waals surface area contributed by atoms with Crippen molar-refractivity contribution in [2.75, 3.05) is 12.3 Å². The van der Waals surface area contributed by atoms with Crippen LogP contribution in [-0.4, -0.2) is 16.5 Å². The van der Waals surface area contributed by atoms with E-state index in [0.29, 0.717) is 28.1 Å². The third-order valence-corrected chi connectivity index (χ3v) is 4.50. The predicted molar refractivity (Wildman–Crippen MR) is 71.4 cm³/mol. The summed E-state index contributed by atoms with van der Waals surface area (Å²) in [6.45, 7) is 2.52. The molecule has 2 unspecified atom stereocenters. The topological polar surface area (TPSA) is 43.1 Å². The predicted octanol–water partition coefficient (Wildman–Crippen LogP) is 2.84. The fourth-order valence-corrected chi connectivity index (χ4v) is 3.49. The molecule has 1 rings (SSSR count). The van der Waals surface area contributed by atoms with E-state index >= 15 is 0 Å². The molecule has 0 aliphatic carbocycles. The van der Waals surface area contributed by atoms with E-state index in [1.54, 1.807) is 18.2 Å². The van der Waals surface area contributed by atoms with Crippen molar-refractivity contribution in [1.82, 2.24) is 0 Å². The van der Waals surface area contributed by atoms with Crippen LogP contribution in [0.3, 0.4) is 0 Å². The Balaban J connectivity index is 2.70. The van der Waals surface area contributed by atoms with Crippen LogP contribution in [0.2, 0.25) is 10.0 Å². The summed E-state index contributed by atoms with van der Waals surface area (Å²) in [6, 6.07) is 5.29. The van der Waals surface area contributed by atoms with Crippen LogP contribution in [-0.2, 0) is 16.6 Å². The van der Waals surface area contributed by atoms with Gasteiger partial charge in [0.15, 0.2) is 0 Å². The lowest BCUT2D eigenvalue weighted by Crippen LogP contribution is -2.18. The highest BCUT2D eigenvalue weighted by Crippen LogP contribution is 2.25. The first-order chi connectivity index (χ1) is 7.54. The second-order valence-electron chi connectivity index (χ2n) is 3.79. The molecule has 16 heavy (non-hydrogen) atoms. The van der Waals surface area contributed by atoms with Crippen LogP contribution < -0.4 is 5.73 Å². The minimum absolute atomic E-state index is 0.252. The van der Waals surface area contributed by atoms with E-state index in [1.807, 2.05) is 6.92 Å². The standard InChI is InChI=1S/C11H15Cl2NOS/c1-8(5-14)6-16(15)7-9-10(12)3-2-4-11(9)13/h2-4,8H,5-7,14H2,1H3. The maximum Gasteiger partial charge on any atom is 0.0515 e. The van der Waals surface area contributed by atoms with Gasteiger partial charge >= 0.3 is 0 Å². The zero-order chi connectivity index (χ0) is 12.1. The molecule has 2 N–H and O–H groups in total. The van der Waals surface area contributed by atoms with E-state index < -0.39 is 10.8 Å². The average Bonchev–Trinajstić information content (AvgIpc) is 2.23. The summed E-state index contributed by atoms with van der Waals surface area (Å²) in [7, 11) is -0.970. The van der Waals surface area contributed by atoms with Gasteiger partial charge in [-0.15, -0.1) is 0 Å². The fraction of sp³-hybridized carbons (Fsp3) is 0.455. The van der Waals surface area contributed by atoms with Crippen molar-refractivity contribution in [3.8, 4) is 0 Å². The third-order valence-electron chi connectivity index (χ3n) is 2.24. The second kappa shape index (κ2) is 6.60. The lowest BCUT2D eigenvalue weighted by molar-refractivity contribution is 0.640. The molecule has 2 atom stereocenters. The maximum absolute atomic E-state index is 11.8. The molecule has 0 aromatic heterocycles. The molecule has 0 amide bonds. The Hall–Kier alpha value is -0.0900. The minimum atomic E-state index is -0.970. The van der Waals surface area contributed by atoms with Crippen LogP contribution in [0.15, 0.2) is 18.2 Å². The van der Waals surface area contributed by atoms with E-state index in [1.165, 1.54) is 0 Å².